The first-order chi connectivity index (χ1) is 44.7. The molecule has 5 nitrogen and oxygen atoms in total. The van der Waals surface area contributed by atoms with Crippen LogP contribution in [0, 0.1) is 17.9 Å². The smallest absolute Gasteiger partial charge is 0.250 e. The lowest BCUT2D eigenvalue weighted by atomic mass is 9.34. The van der Waals surface area contributed by atoms with Gasteiger partial charge in [-0.05, 0) is 140 Å². The second kappa shape index (κ2) is 19.1. The fraction of sp³-hybridized carbons (Fsp3) is 0. The second-order valence-electron chi connectivity index (χ2n) is 23.9. The topological polar surface area (TPSA) is 41.2 Å². The average molecular weight is 1140 g/mol. The van der Waals surface area contributed by atoms with Gasteiger partial charge >= 0.3 is 0 Å². The monoisotopic (exact) mass is 1140 g/mol. The minimum atomic E-state index is -0.277. The van der Waals surface area contributed by atoms with Gasteiger partial charge in [0.05, 0.1) is 40.2 Å². The third-order valence-corrected chi connectivity index (χ3v) is 19.5. The third kappa shape index (κ3) is 6.79. The number of anilines is 3. The van der Waals surface area contributed by atoms with Crippen LogP contribution < -0.4 is 21.3 Å². The molecule has 0 unspecified atom stereocenters. The van der Waals surface area contributed by atoms with Crippen LogP contribution in [-0.4, -0.2) is 15.8 Å². The first kappa shape index (κ1) is 50.0. The molecular formula is C84H48BN5. The van der Waals surface area contributed by atoms with E-state index in [1.807, 2.05) is 0 Å². The molecule has 0 N–H and O–H groups in total. The molecule has 2 aromatic heterocycles. The number of rotatable bonds is 7. The standard InChI is InChI=1S/C84H48BN5/c1-87-79-83(69(50-86)82-78-84(79)90-73-41-19-17-27-58(73)68-37-21-39-71(81(68)90)85(78)70-38-20-36-67-57-26-16-18-40-72(57)89(82)80(67)70)88(55-46-42-53(43-47-55)76-63-32-12-8-28-59(63)74(51-22-4-2-5-23-51)60-29-9-13-33-64(60)76)56-48-44-54(45-49-56)77-65-34-14-10-30-61(65)75(52-24-6-3-7-25-52)62-31-11-15-35-66(62)77/h2-49H. The summed E-state index contributed by atoms with van der Waals surface area (Å²) in [6.45, 7) is 9.47. The van der Waals surface area contributed by atoms with E-state index in [1.165, 1.54) is 43.8 Å². The van der Waals surface area contributed by atoms with Crippen molar-refractivity contribution in [2.45, 2.75) is 0 Å². The fourth-order valence-corrected chi connectivity index (χ4v) is 16.0. The summed E-state index contributed by atoms with van der Waals surface area (Å²) in [5, 5.41) is 26.4. The molecule has 19 rings (SSSR count). The van der Waals surface area contributed by atoms with Gasteiger partial charge in [-0.25, -0.2) is 4.85 Å². The Balaban J connectivity index is 0.912. The van der Waals surface area contributed by atoms with Gasteiger partial charge in [0.1, 0.15) is 6.07 Å². The molecule has 0 saturated heterocycles. The van der Waals surface area contributed by atoms with E-state index in [9.17, 15) is 11.8 Å². The third-order valence-electron chi connectivity index (χ3n) is 19.5. The summed E-state index contributed by atoms with van der Waals surface area (Å²) in [5.41, 5.74) is 21.3. The zero-order valence-electron chi connectivity index (χ0n) is 48.5. The van der Waals surface area contributed by atoms with Crippen LogP contribution in [0.15, 0.2) is 291 Å². The molecule has 0 aliphatic carbocycles. The van der Waals surface area contributed by atoms with Gasteiger partial charge in [-0.1, -0.05) is 255 Å². The maximum Gasteiger partial charge on any atom is 0.250 e. The largest absolute Gasteiger partial charge is 0.320 e. The lowest BCUT2D eigenvalue weighted by Crippen LogP contribution is -2.59. The number of hydrogen-bond acceptors (Lipinski definition) is 2. The fourth-order valence-electron chi connectivity index (χ4n) is 16.0. The maximum atomic E-state index is 12.5. The van der Waals surface area contributed by atoms with E-state index in [4.69, 9.17) is 4.85 Å². The highest BCUT2D eigenvalue weighted by molar-refractivity contribution is 7.00. The van der Waals surface area contributed by atoms with E-state index in [-0.39, 0.29) is 6.71 Å². The van der Waals surface area contributed by atoms with E-state index in [2.05, 4.69) is 311 Å². The molecule has 0 atom stereocenters. The van der Waals surface area contributed by atoms with Crippen LogP contribution in [0.3, 0.4) is 0 Å². The molecule has 6 heteroatoms. The van der Waals surface area contributed by atoms with Crippen molar-refractivity contribution < 1.29 is 0 Å². The Bertz CT molecular complexity index is 5560. The van der Waals surface area contributed by atoms with Crippen LogP contribution >= 0.6 is 0 Å². The summed E-state index contributed by atoms with van der Waals surface area (Å²) in [5.74, 6) is 0. The van der Waals surface area contributed by atoms with Crippen molar-refractivity contribution >= 4 is 133 Å². The summed E-state index contributed by atoms with van der Waals surface area (Å²) in [4.78, 5) is 6.97. The van der Waals surface area contributed by atoms with Gasteiger partial charge in [-0.3, -0.25) is 0 Å². The van der Waals surface area contributed by atoms with Crippen LogP contribution in [0.1, 0.15) is 5.56 Å². The quantitative estimate of drug-likeness (QED) is 0.0906. The highest BCUT2D eigenvalue weighted by atomic mass is 15.2. The average Bonchev–Trinajstić information content (AvgIpc) is 1.46. The molecule has 90 heavy (non-hydrogen) atoms. The molecule has 0 saturated carbocycles. The zero-order chi connectivity index (χ0) is 59.3. The van der Waals surface area contributed by atoms with Crippen molar-refractivity contribution in [3.63, 3.8) is 0 Å². The van der Waals surface area contributed by atoms with Gasteiger partial charge in [0.15, 0.2) is 0 Å². The lowest BCUT2D eigenvalue weighted by Gasteiger charge is -2.38. The van der Waals surface area contributed by atoms with Crippen LogP contribution in [0.25, 0.3) is 147 Å². The molecule has 0 spiro atoms. The predicted molar refractivity (Wildman–Crippen MR) is 377 cm³/mol. The Kier molecular flexibility index (Phi) is 10.6. The van der Waals surface area contributed by atoms with Crippen molar-refractivity contribution in [3.05, 3.63) is 308 Å². The van der Waals surface area contributed by atoms with E-state index < -0.39 is 0 Å². The van der Waals surface area contributed by atoms with Crippen molar-refractivity contribution in [2.24, 2.45) is 0 Å². The molecule has 2 aliphatic rings. The van der Waals surface area contributed by atoms with Crippen molar-refractivity contribution in [2.75, 3.05) is 4.90 Å². The Hall–Kier alpha value is -12.2. The normalized spacial score (nSPS) is 12.2. The van der Waals surface area contributed by atoms with E-state index in [1.54, 1.807) is 0 Å². The van der Waals surface area contributed by atoms with Crippen LogP contribution in [-0.2, 0) is 0 Å². The van der Waals surface area contributed by atoms with Crippen LogP contribution in [0.4, 0.5) is 22.7 Å². The zero-order valence-corrected chi connectivity index (χ0v) is 48.5. The van der Waals surface area contributed by atoms with Gasteiger partial charge in [0.2, 0.25) is 5.69 Å². The molecule has 17 aromatic rings. The lowest BCUT2D eigenvalue weighted by molar-refractivity contribution is 1.13. The molecule has 15 aromatic carbocycles. The van der Waals surface area contributed by atoms with Crippen molar-refractivity contribution in [3.8, 4) is 62.0 Å². The first-order valence-electron chi connectivity index (χ1n) is 30.7. The maximum absolute atomic E-state index is 12.5. The SMILES string of the molecule is [C-]#[N+]c1c(N(c2ccc(-c3c4ccccc4c(-c4ccccc4)c4ccccc34)cc2)c2ccc(-c3c4ccccc4c(-c4ccccc4)c4ccccc34)cc2)c(C#N)c2c3c1-n1c4ccccc4c4cccc(c41)B3c1cccc3c4ccccc4n-2c13. The van der Waals surface area contributed by atoms with Gasteiger partial charge in [-0.15, -0.1) is 0 Å². The Labute approximate surface area is 518 Å². The Morgan fingerprint density at radius 1 is 0.333 bits per heavy atom. The molecule has 412 valence electrons. The number of nitrogens with zero attached hydrogens (tertiary/aromatic N) is 5. The number of fused-ring (bicyclic) bond motifs is 14. The Morgan fingerprint density at radius 3 is 1.02 bits per heavy atom. The molecule has 0 bridgehead atoms. The van der Waals surface area contributed by atoms with Gasteiger partial charge in [-0.2, -0.15) is 5.26 Å². The van der Waals surface area contributed by atoms with Crippen molar-refractivity contribution in [1.29, 1.82) is 5.26 Å². The van der Waals surface area contributed by atoms with Crippen LogP contribution in [0.5, 0.6) is 0 Å². The molecule has 0 radical (unpaired) electrons. The predicted octanol–water partition coefficient (Wildman–Crippen LogP) is 20.2. The number of nitriles is 1. The molecule has 2 aliphatic heterocycles. The summed E-state index contributed by atoms with van der Waals surface area (Å²) < 4.78 is 4.72. The molecule has 0 fully saturated rings. The molecule has 4 heterocycles. The van der Waals surface area contributed by atoms with E-state index >= 15 is 0 Å². The minimum absolute atomic E-state index is 0.277. The van der Waals surface area contributed by atoms with Gasteiger partial charge in [0.25, 0.3) is 6.71 Å². The summed E-state index contributed by atoms with van der Waals surface area (Å²) >= 11 is 0. The van der Waals surface area contributed by atoms with Gasteiger partial charge < -0.3 is 14.0 Å². The number of aromatic nitrogens is 2. The minimum Gasteiger partial charge on any atom is -0.320 e. The first-order valence-corrected chi connectivity index (χ1v) is 30.7. The second-order valence-corrected chi connectivity index (χ2v) is 23.9. The Morgan fingerprint density at radius 2 is 0.656 bits per heavy atom. The number of para-hydroxylation sites is 4. The highest BCUT2D eigenvalue weighted by Gasteiger charge is 2.45. The van der Waals surface area contributed by atoms with E-state index in [0.29, 0.717) is 16.9 Å². The summed E-state index contributed by atoms with van der Waals surface area (Å²) in [6, 6.07) is 108. The summed E-state index contributed by atoms with van der Waals surface area (Å²) in [6.07, 6.45) is 0. The number of benzene rings is 15. The highest BCUT2D eigenvalue weighted by Crippen LogP contribution is 2.53. The molecule has 0 amide bonds. The van der Waals surface area contributed by atoms with Crippen molar-refractivity contribution in [1.82, 2.24) is 9.13 Å². The summed E-state index contributed by atoms with van der Waals surface area (Å²) in [7, 11) is 0. The van der Waals surface area contributed by atoms with Crippen LogP contribution in [0.2, 0.25) is 0 Å². The number of hydrogen-bond donors (Lipinski definition) is 0. The van der Waals surface area contributed by atoms with E-state index in [0.717, 1.165) is 127 Å². The van der Waals surface area contributed by atoms with Gasteiger partial charge in [0, 0.05) is 44.0 Å². The molecular weight excluding hydrogens is 1090 g/mol.